The average Bonchev–Trinajstić information content (AvgIpc) is 2.78. The van der Waals surface area contributed by atoms with Crippen LogP contribution in [0.5, 0.6) is 11.5 Å². The number of nitrogens with zero attached hydrogens (tertiary/aromatic N) is 1. The Morgan fingerprint density at radius 3 is 2.67 bits per heavy atom. The third-order valence-electron chi connectivity index (χ3n) is 5.35. The van der Waals surface area contributed by atoms with Gasteiger partial charge in [-0.2, -0.15) is 0 Å². The first kappa shape index (κ1) is 24.0. The van der Waals surface area contributed by atoms with Gasteiger partial charge in [-0.25, -0.2) is 4.98 Å². The SMILES string of the molecule is N[C@@](CCC(=O)O)(C(=O)NCCC1=CC=CCC1=S)C(=O)c1cc(O)c2cccc(O)c2n1. The fourth-order valence-corrected chi connectivity index (χ4v) is 3.74. The molecule has 1 atom stereocenters. The van der Waals surface area contributed by atoms with E-state index >= 15 is 0 Å². The van der Waals surface area contributed by atoms with Crippen LogP contribution in [0.3, 0.4) is 0 Å². The smallest absolute Gasteiger partial charge is 0.303 e. The molecule has 6 N–H and O–H groups in total. The Balaban J connectivity index is 1.87. The van der Waals surface area contributed by atoms with Crippen LogP contribution in [-0.4, -0.2) is 54.9 Å². The minimum atomic E-state index is -2.25. The number of thiocarbonyl (C=S) groups is 1. The van der Waals surface area contributed by atoms with Gasteiger partial charge in [0.05, 0.1) is 0 Å². The first-order valence-corrected chi connectivity index (χ1v) is 10.6. The topological polar surface area (TPSA) is 163 Å². The van der Waals surface area contributed by atoms with Gasteiger partial charge in [0.2, 0.25) is 11.7 Å². The lowest BCUT2D eigenvalue weighted by Gasteiger charge is -2.26. The number of allylic oxidation sites excluding steroid dienone is 3. The number of hydrogen-bond acceptors (Lipinski definition) is 8. The first-order valence-electron chi connectivity index (χ1n) is 10.2. The highest BCUT2D eigenvalue weighted by molar-refractivity contribution is 7.80. The lowest BCUT2D eigenvalue weighted by atomic mass is 9.86. The summed E-state index contributed by atoms with van der Waals surface area (Å²) in [4.78, 5) is 42.2. The molecule has 1 aromatic heterocycles. The fraction of sp³-hybridized carbons (Fsp3) is 0.261. The third-order valence-corrected chi connectivity index (χ3v) is 5.78. The second-order valence-electron chi connectivity index (χ2n) is 7.65. The van der Waals surface area contributed by atoms with E-state index in [-0.39, 0.29) is 34.6 Å². The molecule has 0 saturated carbocycles. The number of rotatable bonds is 9. The predicted octanol–water partition coefficient (Wildman–Crippen LogP) is 2.15. The van der Waals surface area contributed by atoms with Gasteiger partial charge in [-0.1, -0.05) is 36.5 Å². The standard InChI is InChI=1S/C23H23N3O6S/c24-23(10-8-19(29)30,22(32)25-11-9-13-4-1-2-7-18(13)33)21(31)15-12-17(28)14-5-3-6-16(27)20(14)26-15/h1-6,12,27H,7-11,24H2,(H,25,32)(H,26,28)(H,29,30)/t23-/m1/s1. The van der Waals surface area contributed by atoms with E-state index in [0.29, 0.717) is 12.8 Å². The summed E-state index contributed by atoms with van der Waals surface area (Å²) < 4.78 is 0. The zero-order valence-corrected chi connectivity index (χ0v) is 18.4. The van der Waals surface area contributed by atoms with Crippen LogP contribution in [0.25, 0.3) is 10.9 Å². The molecule has 0 aliphatic heterocycles. The van der Waals surface area contributed by atoms with Gasteiger partial charge in [-0.15, -0.1) is 0 Å². The van der Waals surface area contributed by atoms with Crippen LogP contribution in [-0.2, 0) is 9.59 Å². The quantitative estimate of drug-likeness (QED) is 0.210. The number of carboxylic acids is 1. The van der Waals surface area contributed by atoms with Crippen molar-refractivity contribution in [3.05, 3.63) is 53.8 Å². The molecular weight excluding hydrogens is 446 g/mol. The van der Waals surface area contributed by atoms with Crippen molar-refractivity contribution in [2.75, 3.05) is 6.54 Å². The van der Waals surface area contributed by atoms with Crippen molar-refractivity contribution in [2.24, 2.45) is 5.73 Å². The molecule has 0 radical (unpaired) electrons. The number of carbonyl (C=O) groups is 3. The first-order chi connectivity index (χ1) is 15.6. The highest BCUT2D eigenvalue weighted by Crippen LogP contribution is 2.31. The largest absolute Gasteiger partial charge is 0.507 e. The molecule has 0 spiro atoms. The Kier molecular flexibility index (Phi) is 7.19. The number of para-hydroxylation sites is 1. The summed E-state index contributed by atoms with van der Waals surface area (Å²) in [5.74, 6) is -3.70. The Labute approximate surface area is 194 Å². The highest BCUT2D eigenvalue weighted by atomic mass is 32.1. The maximum atomic E-state index is 13.3. The summed E-state index contributed by atoms with van der Waals surface area (Å²) in [7, 11) is 0. The summed E-state index contributed by atoms with van der Waals surface area (Å²) in [6.45, 7) is 0.134. The lowest BCUT2D eigenvalue weighted by molar-refractivity contribution is -0.137. The van der Waals surface area contributed by atoms with E-state index in [4.69, 9.17) is 23.1 Å². The summed E-state index contributed by atoms with van der Waals surface area (Å²) in [6.07, 6.45) is 5.65. The number of nitrogens with two attached hydrogens (primary N) is 1. The zero-order chi connectivity index (χ0) is 24.2. The number of amides is 1. The Morgan fingerprint density at radius 2 is 1.97 bits per heavy atom. The molecule has 1 amide bonds. The predicted molar refractivity (Wildman–Crippen MR) is 125 cm³/mol. The van der Waals surface area contributed by atoms with Crippen LogP contribution in [0.2, 0.25) is 0 Å². The molecule has 9 nitrogen and oxygen atoms in total. The van der Waals surface area contributed by atoms with Crippen molar-refractivity contribution < 1.29 is 29.7 Å². The van der Waals surface area contributed by atoms with Crippen LogP contribution in [0.1, 0.15) is 36.2 Å². The van der Waals surface area contributed by atoms with Gasteiger partial charge in [0.1, 0.15) is 22.7 Å². The summed E-state index contributed by atoms with van der Waals surface area (Å²) in [5.41, 5.74) is 4.39. The normalized spacial score (nSPS) is 15.1. The molecular formula is C23H23N3O6S. The minimum Gasteiger partial charge on any atom is -0.507 e. The van der Waals surface area contributed by atoms with Gasteiger partial charge in [0, 0.05) is 35.7 Å². The fourth-order valence-electron chi connectivity index (χ4n) is 3.47. The molecule has 1 aromatic carbocycles. The number of benzene rings is 1. The number of aromatic hydroxyl groups is 2. The maximum Gasteiger partial charge on any atom is 0.303 e. The van der Waals surface area contributed by atoms with Crippen LogP contribution in [0.15, 0.2) is 48.1 Å². The molecule has 10 heteroatoms. The van der Waals surface area contributed by atoms with Crippen LogP contribution < -0.4 is 11.1 Å². The number of fused-ring (bicyclic) bond motifs is 1. The molecule has 2 aromatic rings. The van der Waals surface area contributed by atoms with E-state index in [1.54, 1.807) is 0 Å². The average molecular weight is 470 g/mol. The van der Waals surface area contributed by atoms with Crippen molar-refractivity contribution in [1.82, 2.24) is 10.3 Å². The Bertz CT molecular complexity index is 1210. The molecule has 3 rings (SSSR count). The summed E-state index contributed by atoms with van der Waals surface area (Å²) >= 11 is 5.29. The minimum absolute atomic E-state index is 0.0485. The van der Waals surface area contributed by atoms with Crippen molar-refractivity contribution in [2.45, 2.75) is 31.2 Å². The summed E-state index contributed by atoms with van der Waals surface area (Å²) in [6, 6.07) is 5.36. The van der Waals surface area contributed by atoms with Crippen molar-refractivity contribution >= 4 is 45.6 Å². The van der Waals surface area contributed by atoms with Crippen LogP contribution in [0, 0.1) is 0 Å². The van der Waals surface area contributed by atoms with Gasteiger partial charge in [-0.05, 0) is 30.5 Å². The monoisotopic (exact) mass is 469 g/mol. The number of hydrogen-bond donors (Lipinski definition) is 5. The van der Waals surface area contributed by atoms with Gasteiger partial charge in [0.15, 0.2) is 5.54 Å². The number of carboxylic acid groups (broad SMARTS) is 1. The Morgan fingerprint density at radius 1 is 1.21 bits per heavy atom. The molecule has 0 unspecified atom stereocenters. The van der Waals surface area contributed by atoms with E-state index in [9.17, 15) is 24.6 Å². The number of pyridine rings is 1. The summed E-state index contributed by atoms with van der Waals surface area (Å²) in [5, 5.41) is 32.2. The van der Waals surface area contributed by atoms with E-state index in [0.717, 1.165) is 16.5 Å². The molecule has 1 heterocycles. The van der Waals surface area contributed by atoms with Gasteiger partial charge < -0.3 is 26.4 Å². The zero-order valence-electron chi connectivity index (χ0n) is 17.6. The molecule has 0 fully saturated rings. The van der Waals surface area contributed by atoms with E-state index in [2.05, 4.69) is 10.3 Å². The van der Waals surface area contributed by atoms with Gasteiger partial charge in [-0.3, -0.25) is 14.4 Å². The van der Waals surface area contributed by atoms with E-state index in [1.807, 2.05) is 18.2 Å². The number of aliphatic carboxylic acids is 1. The maximum absolute atomic E-state index is 13.3. The molecule has 172 valence electrons. The van der Waals surface area contributed by atoms with Crippen molar-refractivity contribution in [1.29, 1.82) is 0 Å². The molecule has 1 aliphatic rings. The number of ketones is 1. The number of nitrogens with one attached hydrogen (secondary N) is 1. The number of phenols is 1. The van der Waals surface area contributed by atoms with E-state index < -0.39 is 36.0 Å². The van der Waals surface area contributed by atoms with Crippen LogP contribution in [0.4, 0.5) is 0 Å². The number of aromatic nitrogens is 1. The molecule has 1 aliphatic carbocycles. The third kappa shape index (κ3) is 5.24. The van der Waals surface area contributed by atoms with Gasteiger partial charge >= 0.3 is 5.97 Å². The molecule has 33 heavy (non-hydrogen) atoms. The van der Waals surface area contributed by atoms with Crippen LogP contribution >= 0.6 is 12.2 Å². The Hall–Kier alpha value is -3.63. The second kappa shape index (κ2) is 9.88. The number of Topliss-reactive ketones (excluding diaryl/α,β-unsaturated/α-hetero) is 1. The lowest BCUT2D eigenvalue weighted by Crippen LogP contribution is -2.60. The highest BCUT2D eigenvalue weighted by Gasteiger charge is 2.43. The molecule has 0 bridgehead atoms. The number of phenolic OH excluding ortho intramolecular Hbond substituents is 1. The van der Waals surface area contributed by atoms with Crippen molar-refractivity contribution in [3.8, 4) is 11.5 Å². The molecule has 0 saturated heterocycles. The van der Waals surface area contributed by atoms with Gasteiger partial charge in [0.25, 0.3) is 0 Å². The number of carbonyl (C=O) groups excluding carboxylic acids is 2. The van der Waals surface area contributed by atoms with E-state index in [1.165, 1.54) is 18.2 Å². The second-order valence-corrected chi connectivity index (χ2v) is 8.14. The van der Waals surface area contributed by atoms with Crippen molar-refractivity contribution in [3.63, 3.8) is 0 Å².